The van der Waals surface area contributed by atoms with Crippen molar-refractivity contribution < 1.29 is 9.53 Å². The number of hydrogen-bond donors (Lipinski definition) is 1. The molecule has 0 saturated heterocycles. The van der Waals surface area contributed by atoms with E-state index in [0.717, 1.165) is 16.8 Å². The van der Waals surface area contributed by atoms with Crippen LogP contribution >= 0.6 is 11.6 Å². The Morgan fingerprint density at radius 2 is 1.97 bits per heavy atom. The Kier molecular flexibility index (Phi) is 5.75. The number of rotatable bonds is 5. The molecular weight excluding hydrogens is 416 g/mol. The van der Waals surface area contributed by atoms with Crippen molar-refractivity contribution in [1.29, 1.82) is 0 Å². The second kappa shape index (κ2) is 8.49. The second-order valence-corrected chi connectivity index (χ2v) is 7.64. The van der Waals surface area contributed by atoms with Crippen molar-refractivity contribution in [1.82, 2.24) is 19.8 Å². The van der Waals surface area contributed by atoms with Crippen LogP contribution in [0.1, 0.15) is 42.2 Å². The first-order valence-electron chi connectivity index (χ1n) is 9.92. The van der Waals surface area contributed by atoms with Crippen LogP contribution in [-0.2, 0) is 4.79 Å². The molecule has 1 atom stereocenters. The quantitative estimate of drug-likeness (QED) is 0.374. The highest BCUT2D eigenvalue weighted by Gasteiger charge is 2.30. The van der Waals surface area contributed by atoms with Crippen LogP contribution in [0.2, 0.25) is 5.02 Å². The smallest absolute Gasteiger partial charge is 0.239 e. The van der Waals surface area contributed by atoms with Gasteiger partial charge in [-0.1, -0.05) is 23.7 Å². The van der Waals surface area contributed by atoms with Gasteiger partial charge in [0, 0.05) is 22.7 Å². The van der Waals surface area contributed by atoms with Crippen molar-refractivity contribution >= 4 is 23.2 Å². The zero-order valence-electron chi connectivity index (χ0n) is 17.5. The van der Waals surface area contributed by atoms with E-state index < -0.39 is 6.04 Å². The minimum atomic E-state index is -0.560. The molecule has 2 N–H and O–H groups in total. The van der Waals surface area contributed by atoms with Crippen LogP contribution in [0.25, 0.3) is 5.69 Å². The number of aromatic nitrogens is 3. The van der Waals surface area contributed by atoms with Gasteiger partial charge in [0.25, 0.3) is 0 Å². The summed E-state index contributed by atoms with van der Waals surface area (Å²) in [6.45, 7) is 4.10. The summed E-state index contributed by atoms with van der Waals surface area (Å²) in [5.41, 5.74) is 3.30. The number of ether oxygens (including phenoxy) is 1. The Balaban J connectivity index is 1.95. The zero-order valence-corrected chi connectivity index (χ0v) is 18.3. The van der Waals surface area contributed by atoms with E-state index in [1.807, 2.05) is 60.9 Å². The van der Waals surface area contributed by atoms with E-state index in [1.54, 1.807) is 7.11 Å². The first-order chi connectivity index (χ1) is 14.9. The lowest BCUT2D eigenvalue weighted by molar-refractivity contribution is -0.131. The number of hydrogen-bond acceptors (Lipinski definition) is 6. The molecule has 0 spiro atoms. The van der Waals surface area contributed by atoms with Crippen LogP contribution in [0.15, 0.2) is 47.5 Å². The lowest BCUT2D eigenvalue weighted by Crippen LogP contribution is -2.37. The van der Waals surface area contributed by atoms with Gasteiger partial charge in [-0.25, -0.2) is 5.84 Å². The third-order valence-corrected chi connectivity index (χ3v) is 5.53. The molecule has 0 unspecified atom stereocenters. The fourth-order valence-corrected chi connectivity index (χ4v) is 3.76. The lowest BCUT2D eigenvalue weighted by Gasteiger charge is -2.17. The van der Waals surface area contributed by atoms with Gasteiger partial charge in [-0.05, 0) is 44.2 Å². The maximum Gasteiger partial charge on any atom is 0.239 e. The molecule has 9 heteroatoms. The number of benzene rings is 2. The van der Waals surface area contributed by atoms with Crippen LogP contribution in [-0.4, -0.2) is 45.0 Å². The van der Waals surface area contributed by atoms with E-state index in [9.17, 15) is 4.79 Å². The van der Waals surface area contributed by atoms with E-state index in [4.69, 9.17) is 27.2 Å². The van der Waals surface area contributed by atoms with Crippen molar-refractivity contribution in [3.8, 4) is 11.4 Å². The summed E-state index contributed by atoms with van der Waals surface area (Å²) in [5, 5.41) is 10.4. The van der Waals surface area contributed by atoms with Crippen LogP contribution in [0.3, 0.4) is 0 Å². The number of amides is 1. The summed E-state index contributed by atoms with van der Waals surface area (Å²) < 4.78 is 7.40. The molecule has 0 fully saturated rings. The zero-order chi connectivity index (χ0) is 22.1. The minimum absolute atomic E-state index is 0.0741. The number of carbonyl (C=O) groups is 1. The molecule has 0 aliphatic carbocycles. The highest BCUT2D eigenvalue weighted by molar-refractivity contribution is 6.30. The highest BCUT2D eigenvalue weighted by atomic mass is 35.5. The van der Waals surface area contributed by atoms with Gasteiger partial charge in [0.1, 0.15) is 17.6 Å². The summed E-state index contributed by atoms with van der Waals surface area (Å²) in [6.07, 6.45) is 0.0741. The van der Waals surface area contributed by atoms with Crippen LogP contribution in [0.4, 0.5) is 0 Å². The van der Waals surface area contributed by atoms with E-state index in [2.05, 4.69) is 10.2 Å². The SMILES string of the molecule is CCN(N)C(=O)C[C@@H]1N=C(c2ccc(Cl)cc2)c2cc(OC)ccc2-n2c(C)nnc21. The third kappa shape index (κ3) is 3.92. The van der Waals surface area contributed by atoms with Crippen LogP contribution in [0, 0.1) is 6.92 Å². The first-order valence-corrected chi connectivity index (χ1v) is 10.3. The average Bonchev–Trinajstić information content (AvgIpc) is 3.10. The van der Waals surface area contributed by atoms with E-state index in [1.165, 1.54) is 5.01 Å². The monoisotopic (exact) mass is 438 g/mol. The van der Waals surface area contributed by atoms with Gasteiger partial charge < -0.3 is 4.74 Å². The minimum Gasteiger partial charge on any atom is -0.497 e. The Morgan fingerprint density at radius 1 is 1.23 bits per heavy atom. The topological polar surface area (TPSA) is 98.6 Å². The molecular formula is C22H23ClN6O2. The molecule has 1 amide bonds. The van der Waals surface area contributed by atoms with Crippen molar-refractivity contribution in [2.24, 2.45) is 10.8 Å². The predicted octanol–water partition coefficient (Wildman–Crippen LogP) is 3.24. The van der Waals surface area contributed by atoms with Crippen molar-refractivity contribution in [3.05, 3.63) is 70.3 Å². The standard InChI is InChI=1S/C22H23ClN6O2/c1-4-28(24)20(30)12-18-22-27-26-13(2)29(22)19-10-9-16(31-3)11-17(19)21(25-18)14-5-7-15(23)8-6-14/h5-11,18H,4,12,24H2,1-3H3/t18-/m0/s1. The molecule has 1 aromatic heterocycles. The van der Waals surface area contributed by atoms with Gasteiger partial charge in [-0.2, -0.15) is 0 Å². The number of hydrazine groups is 1. The fourth-order valence-electron chi connectivity index (χ4n) is 3.64. The van der Waals surface area contributed by atoms with Gasteiger partial charge in [0.05, 0.1) is 24.9 Å². The normalized spacial score (nSPS) is 14.9. The van der Waals surface area contributed by atoms with Gasteiger partial charge in [-0.15, -0.1) is 10.2 Å². The molecule has 31 heavy (non-hydrogen) atoms. The van der Waals surface area contributed by atoms with E-state index >= 15 is 0 Å². The number of fused-ring (bicyclic) bond motifs is 3. The summed E-state index contributed by atoms with van der Waals surface area (Å²) in [7, 11) is 1.62. The molecule has 2 heterocycles. The van der Waals surface area contributed by atoms with Gasteiger partial charge in [0.15, 0.2) is 5.82 Å². The second-order valence-electron chi connectivity index (χ2n) is 7.21. The van der Waals surface area contributed by atoms with E-state index in [-0.39, 0.29) is 12.3 Å². The summed E-state index contributed by atoms with van der Waals surface area (Å²) >= 11 is 6.11. The van der Waals surface area contributed by atoms with Crippen molar-refractivity contribution in [2.45, 2.75) is 26.3 Å². The molecule has 2 aromatic carbocycles. The number of halogens is 1. The lowest BCUT2D eigenvalue weighted by atomic mass is 10.00. The molecule has 0 saturated carbocycles. The highest BCUT2D eigenvalue weighted by Crippen LogP contribution is 2.34. The average molecular weight is 439 g/mol. The molecule has 0 radical (unpaired) electrons. The van der Waals surface area contributed by atoms with Gasteiger partial charge >= 0.3 is 0 Å². The first kappa shape index (κ1) is 21.0. The fraction of sp³-hybridized carbons (Fsp3) is 0.273. The Hall–Kier alpha value is -3.23. The Labute approximate surface area is 185 Å². The molecule has 0 bridgehead atoms. The van der Waals surface area contributed by atoms with E-state index in [0.29, 0.717) is 34.7 Å². The number of carbonyl (C=O) groups excluding carboxylic acids is 1. The van der Waals surface area contributed by atoms with Gasteiger partial charge in [-0.3, -0.25) is 19.4 Å². The third-order valence-electron chi connectivity index (χ3n) is 5.28. The molecule has 1 aliphatic rings. The maximum atomic E-state index is 12.7. The number of methoxy groups -OCH3 is 1. The van der Waals surface area contributed by atoms with Crippen molar-refractivity contribution in [2.75, 3.05) is 13.7 Å². The molecule has 3 aromatic rings. The number of nitrogens with two attached hydrogens (primary N) is 1. The number of aliphatic imine (C=N–C) groups is 1. The summed E-state index contributed by atoms with van der Waals surface area (Å²) in [5.74, 6) is 7.61. The number of aryl methyl sites for hydroxylation is 1. The van der Waals surface area contributed by atoms with Crippen LogP contribution in [0.5, 0.6) is 5.75 Å². The summed E-state index contributed by atoms with van der Waals surface area (Å²) in [6, 6.07) is 12.6. The van der Waals surface area contributed by atoms with Crippen LogP contribution < -0.4 is 10.6 Å². The molecule has 8 nitrogen and oxygen atoms in total. The predicted molar refractivity (Wildman–Crippen MR) is 119 cm³/mol. The molecule has 4 rings (SSSR count). The van der Waals surface area contributed by atoms with Gasteiger partial charge in [0.2, 0.25) is 5.91 Å². The Morgan fingerprint density at radius 3 is 2.65 bits per heavy atom. The van der Waals surface area contributed by atoms with Crippen molar-refractivity contribution in [3.63, 3.8) is 0 Å². The largest absolute Gasteiger partial charge is 0.497 e. The Bertz CT molecular complexity index is 1160. The number of nitrogens with zero attached hydrogens (tertiary/aromatic N) is 5. The molecule has 160 valence electrons. The maximum absolute atomic E-state index is 12.7. The molecule has 1 aliphatic heterocycles. The summed E-state index contributed by atoms with van der Waals surface area (Å²) in [4.78, 5) is 17.7.